The van der Waals surface area contributed by atoms with Gasteiger partial charge < -0.3 is 0 Å². The van der Waals surface area contributed by atoms with Crippen molar-refractivity contribution in [2.45, 2.75) is 71.1 Å². The molecule has 196 valence electrons. The Kier molecular flexibility index (Phi) is 9.60. The number of rotatable bonds is 12. The maximum Gasteiger partial charge on any atom is 0.134 e. The van der Waals surface area contributed by atoms with Gasteiger partial charge in [-0.25, -0.2) is 13.2 Å². The Balaban J connectivity index is 1.38. The second-order valence-corrected chi connectivity index (χ2v) is 10.1. The van der Waals surface area contributed by atoms with E-state index in [1.165, 1.54) is 25.0 Å². The molecule has 0 amide bonds. The van der Waals surface area contributed by atoms with Crippen LogP contribution >= 0.6 is 0 Å². The highest BCUT2D eigenvalue weighted by molar-refractivity contribution is 5.84. The summed E-state index contributed by atoms with van der Waals surface area (Å²) in [7, 11) is 0. The lowest BCUT2D eigenvalue weighted by atomic mass is 9.96. The van der Waals surface area contributed by atoms with Gasteiger partial charge in [-0.05, 0) is 90.4 Å². The lowest BCUT2D eigenvalue weighted by Gasteiger charge is -2.11. The van der Waals surface area contributed by atoms with Gasteiger partial charge in [0.05, 0.1) is 11.6 Å². The van der Waals surface area contributed by atoms with Crippen molar-refractivity contribution in [2.24, 2.45) is 0 Å². The molecule has 38 heavy (non-hydrogen) atoms. The zero-order valence-electron chi connectivity index (χ0n) is 22.0. The topological polar surface area (TPSA) is 23.8 Å². The van der Waals surface area contributed by atoms with E-state index in [2.05, 4.69) is 13.0 Å². The first kappa shape index (κ1) is 27.5. The SMILES string of the molecule is CCCCCCCc1cc(F)c(CCc2ccc3c(F)c(CCc4ccc(C#N)cc4)ccc3c2)c(F)c1. The Morgan fingerprint density at radius 1 is 0.632 bits per heavy atom. The number of hydrogen-bond acceptors (Lipinski definition) is 1. The van der Waals surface area contributed by atoms with Gasteiger partial charge in [-0.3, -0.25) is 0 Å². The lowest BCUT2D eigenvalue weighted by Crippen LogP contribution is -2.02. The highest BCUT2D eigenvalue weighted by Gasteiger charge is 2.13. The van der Waals surface area contributed by atoms with Gasteiger partial charge in [0.15, 0.2) is 0 Å². The molecule has 4 heteroatoms. The molecule has 0 aliphatic heterocycles. The molecule has 0 fully saturated rings. The summed E-state index contributed by atoms with van der Waals surface area (Å²) < 4.78 is 44.7. The summed E-state index contributed by atoms with van der Waals surface area (Å²) in [5, 5.41) is 10.3. The summed E-state index contributed by atoms with van der Waals surface area (Å²) in [5.41, 5.74) is 4.06. The van der Waals surface area contributed by atoms with Crippen molar-refractivity contribution in [3.8, 4) is 6.07 Å². The molecule has 0 unspecified atom stereocenters. The Morgan fingerprint density at radius 3 is 2.03 bits per heavy atom. The van der Waals surface area contributed by atoms with Gasteiger partial charge in [-0.15, -0.1) is 0 Å². The number of unbranched alkanes of at least 4 members (excludes halogenated alkanes) is 4. The van der Waals surface area contributed by atoms with Gasteiger partial charge in [0, 0.05) is 10.9 Å². The monoisotopic (exact) mass is 513 g/mol. The highest BCUT2D eigenvalue weighted by atomic mass is 19.1. The number of nitrogens with zero attached hydrogens (tertiary/aromatic N) is 1. The maximum absolute atomic E-state index is 15.2. The van der Waals surface area contributed by atoms with Crippen molar-refractivity contribution in [3.63, 3.8) is 0 Å². The molecule has 0 saturated heterocycles. The van der Waals surface area contributed by atoms with Crippen molar-refractivity contribution in [2.75, 3.05) is 0 Å². The van der Waals surface area contributed by atoms with Gasteiger partial charge >= 0.3 is 0 Å². The van der Waals surface area contributed by atoms with Crippen molar-refractivity contribution < 1.29 is 13.2 Å². The van der Waals surface area contributed by atoms with Gasteiger partial charge in [0.25, 0.3) is 0 Å². The highest BCUT2D eigenvalue weighted by Crippen LogP contribution is 2.25. The van der Waals surface area contributed by atoms with Crippen LogP contribution in [-0.4, -0.2) is 0 Å². The molecule has 0 spiro atoms. The van der Waals surface area contributed by atoms with Gasteiger partial charge in [0.1, 0.15) is 17.5 Å². The van der Waals surface area contributed by atoms with E-state index in [4.69, 9.17) is 5.26 Å². The van der Waals surface area contributed by atoms with Gasteiger partial charge in [-0.2, -0.15) is 5.26 Å². The van der Waals surface area contributed by atoms with Crippen LogP contribution in [0.15, 0.2) is 66.7 Å². The van der Waals surface area contributed by atoms with Crippen LogP contribution in [0.5, 0.6) is 0 Å². The molecule has 0 bridgehead atoms. The van der Waals surface area contributed by atoms with Crippen LogP contribution in [0.3, 0.4) is 0 Å². The Labute approximate surface area is 223 Å². The zero-order valence-corrected chi connectivity index (χ0v) is 22.0. The minimum absolute atomic E-state index is 0.115. The number of hydrogen-bond donors (Lipinski definition) is 0. The van der Waals surface area contributed by atoms with E-state index in [0.29, 0.717) is 42.2 Å². The molecular weight excluding hydrogens is 479 g/mol. The molecular formula is C34H34F3N. The molecule has 0 aromatic heterocycles. The normalized spacial score (nSPS) is 11.1. The Hall–Kier alpha value is -3.58. The van der Waals surface area contributed by atoms with Gasteiger partial charge in [-0.1, -0.05) is 75.1 Å². The standard InChI is InChI=1S/C34H34F3N/c1-2-3-4-5-6-7-27-21-32(35)31(33(36)22-27)19-14-25-13-18-30-29(20-25)17-16-28(34(30)37)15-12-24-8-10-26(23-38)11-9-24/h8-11,13,16-18,20-22H,2-7,12,14-15,19H2,1H3. The predicted molar refractivity (Wildman–Crippen MR) is 149 cm³/mol. The van der Waals surface area contributed by atoms with Crippen LogP contribution in [0.1, 0.15) is 72.4 Å². The molecule has 0 radical (unpaired) electrons. The quantitative estimate of drug-likeness (QED) is 0.173. The first-order valence-electron chi connectivity index (χ1n) is 13.6. The van der Waals surface area contributed by atoms with E-state index >= 15 is 4.39 Å². The van der Waals surface area contributed by atoms with Crippen molar-refractivity contribution in [1.82, 2.24) is 0 Å². The zero-order chi connectivity index (χ0) is 26.9. The third kappa shape index (κ3) is 7.04. The number of aryl methyl sites for hydroxylation is 4. The smallest absolute Gasteiger partial charge is 0.134 e. The van der Waals surface area contributed by atoms with Gasteiger partial charge in [0.2, 0.25) is 0 Å². The molecule has 4 rings (SSSR count). The molecule has 0 aliphatic rings. The molecule has 4 aromatic carbocycles. The summed E-state index contributed by atoms with van der Waals surface area (Å²) in [5.74, 6) is -1.19. The number of halogens is 3. The fourth-order valence-electron chi connectivity index (χ4n) is 5.00. The second kappa shape index (κ2) is 13.3. The largest absolute Gasteiger partial charge is 0.207 e. The molecule has 1 nitrogen and oxygen atoms in total. The average molecular weight is 514 g/mol. The second-order valence-electron chi connectivity index (χ2n) is 10.1. The summed E-state index contributed by atoms with van der Waals surface area (Å²) in [6.45, 7) is 2.16. The Bertz CT molecular complexity index is 1390. The maximum atomic E-state index is 15.2. The fourth-order valence-corrected chi connectivity index (χ4v) is 5.00. The van der Waals surface area contributed by atoms with Crippen molar-refractivity contribution >= 4 is 10.8 Å². The first-order valence-corrected chi connectivity index (χ1v) is 13.6. The van der Waals surface area contributed by atoms with Crippen LogP contribution in [-0.2, 0) is 32.1 Å². The minimum Gasteiger partial charge on any atom is -0.207 e. The molecule has 0 N–H and O–H groups in total. The van der Waals surface area contributed by atoms with Crippen LogP contribution in [0.4, 0.5) is 13.2 Å². The number of benzene rings is 4. The van der Waals surface area contributed by atoms with E-state index in [1.54, 1.807) is 18.2 Å². The summed E-state index contributed by atoms with van der Waals surface area (Å²) in [6, 6.07) is 21.6. The van der Waals surface area contributed by atoms with Crippen molar-refractivity contribution in [1.29, 1.82) is 5.26 Å². The predicted octanol–water partition coefficient (Wildman–Crippen LogP) is 9.21. The average Bonchev–Trinajstić information content (AvgIpc) is 2.92. The molecule has 0 saturated carbocycles. The summed E-state index contributed by atoms with van der Waals surface area (Å²) >= 11 is 0. The Morgan fingerprint density at radius 2 is 1.32 bits per heavy atom. The van der Waals surface area contributed by atoms with Crippen molar-refractivity contribution in [3.05, 3.63) is 118 Å². The van der Waals surface area contributed by atoms with Crippen LogP contribution < -0.4 is 0 Å². The third-order valence-electron chi connectivity index (χ3n) is 7.30. The van der Waals surface area contributed by atoms with Crippen LogP contribution in [0.2, 0.25) is 0 Å². The molecule has 4 aromatic rings. The first-order chi connectivity index (χ1) is 18.5. The fraction of sp³-hybridized carbons (Fsp3) is 0.324. The van der Waals surface area contributed by atoms with E-state index in [0.717, 1.165) is 41.3 Å². The van der Waals surface area contributed by atoms with E-state index in [-0.39, 0.29) is 17.8 Å². The number of fused-ring (bicyclic) bond motifs is 1. The third-order valence-corrected chi connectivity index (χ3v) is 7.30. The summed E-state index contributed by atoms with van der Waals surface area (Å²) in [4.78, 5) is 0. The van der Waals surface area contributed by atoms with Crippen LogP contribution in [0, 0.1) is 28.8 Å². The summed E-state index contributed by atoms with van der Waals surface area (Å²) in [6.07, 6.45) is 8.23. The lowest BCUT2D eigenvalue weighted by molar-refractivity contribution is 0.549. The van der Waals surface area contributed by atoms with E-state index in [9.17, 15) is 8.78 Å². The van der Waals surface area contributed by atoms with E-state index in [1.807, 2.05) is 36.4 Å². The molecule has 0 aliphatic carbocycles. The minimum atomic E-state index is -0.479. The van der Waals surface area contributed by atoms with E-state index < -0.39 is 11.6 Å². The molecule has 0 heterocycles. The molecule has 0 atom stereocenters. The number of nitriles is 1. The van der Waals surface area contributed by atoms with Crippen LogP contribution in [0.25, 0.3) is 10.8 Å².